The molecule has 1 aliphatic heterocycles. The topological polar surface area (TPSA) is 109 Å². The number of carboxylic acids is 1. The van der Waals surface area contributed by atoms with E-state index in [0.29, 0.717) is 36.4 Å². The van der Waals surface area contributed by atoms with E-state index in [0.717, 1.165) is 29.7 Å². The molecule has 0 bridgehead atoms. The van der Waals surface area contributed by atoms with Gasteiger partial charge in [-0.05, 0) is 44.1 Å². The Bertz CT molecular complexity index is 955. The first-order valence-corrected chi connectivity index (χ1v) is 9.93. The lowest BCUT2D eigenvalue weighted by Gasteiger charge is -2.21. The van der Waals surface area contributed by atoms with E-state index in [9.17, 15) is 27.9 Å². The van der Waals surface area contributed by atoms with Crippen LogP contribution in [0.15, 0.2) is 4.52 Å². The third-order valence-corrected chi connectivity index (χ3v) is 6.29. The van der Waals surface area contributed by atoms with Crippen molar-refractivity contribution in [1.29, 1.82) is 0 Å². The predicted molar refractivity (Wildman–Crippen MR) is 95.6 cm³/mol. The van der Waals surface area contributed by atoms with Crippen LogP contribution in [0.25, 0.3) is 11.5 Å². The van der Waals surface area contributed by atoms with Gasteiger partial charge in [-0.15, -0.1) is 11.3 Å². The van der Waals surface area contributed by atoms with Gasteiger partial charge in [-0.25, -0.2) is 9.59 Å². The van der Waals surface area contributed by atoms with Gasteiger partial charge in [0, 0.05) is 11.4 Å². The van der Waals surface area contributed by atoms with Gasteiger partial charge in [0.15, 0.2) is 0 Å². The van der Waals surface area contributed by atoms with Crippen molar-refractivity contribution in [3.05, 3.63) is 16.3 Å². The number of fused-ring (bicyclic) bond motifs is 1. The van der Waals surface area contributed by atoms with Crippen molar-refractivity contribution in [2.24, 2.45) is 0 Å². The van der Waals surface area contributed by atoms with Crippen molar-refractivity contribution in [3.63, 3.8) is 0 Å². The third kappa shape index (κ3) is 3.68. The second-order valence-corrected chi connectivity index (χ2v) is 8.06. The van der Waals surface area contributed by atoms with E-state index in [1.54, 1.807) is 0 Å². The minimum Gasteiger partial charge on any atom is -0.480 e. The number of hydrogen-bond donors (Lipinski definition) is 2. The Morgan fingerprint density at radius 3 is 2.69 bits per heavy atom. The number of thiophene rings is 1. The van der Waals surface area contributed by atoms with Crippen LogP contribution in [0.1, 0.15) is 41.9 Å². The molecule has 156 valence electrons. The summed E-state index contributed by atoms with van der Waals surface area (Å²) in [6, 6.07) is -1.53. The van der Waals surface area contributed by atoms with Gasteiger partial charge in [-0.2, -0.15) is 18.2 Å². The molecule has 2 aromatic heterocycles. The van der Waals surface area contributed by atoms with Gasteiger partial charge < -0.3 is 14.5 Å². The van der Waals surface area contributed by atoms with Crippen LogP contribution >= 0.6 is 11.3 Å². The Kier molecular flexibility index (Phi) is 4.97. The van der Waals surface area contributed by atoms with Crippen molar-refractivity contribution in [2.45, 2.75) is 50.7 Å². The normalized spacial score (nSPS) is 19.3. The van der Waals surface area contributed by atoms with Gasteiger partial charge in [0.2, 0.25) is 0 Å². The summed E-state index contributed by atoms with van der Waals surface area (Å²) in [4.78, 5) is 29.7. The van der Waals surface area contributed by atoms with Gasteiger partial charge in [-0.1, -0.05) is 5.16 Å². The molecule has 29 heavy (non-hydrogen) atoms. The molecule has 2 aromatic rings. The molecule has 2 aliphatic rings. The van der Waals surface area contributed by atoms with Crippen molar-refractivity contribution in [3.8, 4) is 11.5 Å². The lowest BCUT2D eigenvalue weighted by molar-refractivity contribution is -0.146. The van der Waals surface area contributed by atoms with Crippen molar-refractivity contribution < 1.29 is 32.4 Å². The van der Waals surface area contributed by atoms with Gasteiger partial charge in [0.1, 0.15) is 11.0 Å². The molecule has 1 aliphatic carbocycles. The second-order valence-electron chi connectivity index (χ2n) is 6.96. The molecule has 2 amide bonds. The van der Waals surface area contributed by atoms with Crippen LogP contribution in [-0.2, 0) is 23.8 Å². The Labute approximate surface area is 166 Å². The molecular formula is C17H17F3N4O4S. The van der Waals surface area contributed by atoms with Crippen molar-refractivity contribution >= 4 is 28.3 Å². The second kappa shape index (κ2) is 7.32. The molecule has 0 radical (unpaired) electrons. The summed E-state index contributed by atoms with van der Waals surface area (Å²) in [7, 11) is 0. The van der Waals surface area contributed by atoms with Gasteiger partial charge in [0.05, 0.1) is 5.56 Å². The van der Waals surface area contributed by atoms with Crippen LogP contribution in [0, 0.1) is 0 Å². The number of aromatic nitrogens is 2. The summed E-state index contributed by atoms with van der Waals surface area (Å²) in [5, 5.41) is 15.3. The van der Waals surface area contributed by atoms with Crippen molar-refractivity contribution in [1.82, 2.24) is 15.0 Å². The Morgan fingerprint density at radius 1 is 1.24 bits per heavy atom. The summed E-state index contributed by atoms with van der Waals surface area (Å²) in [6.45, 7) is 0.294. The third-order valence-electron chi connectivity index (χ3n) is 5.08. The van der Waals surface area contributed by atoms with Crippen LogP contribution < -0.4 is 5.32 Å². The minimum absolute atomic E-state index is 0.294. The number of carboxylic acid groups (broad SMARTS) is 1. The molecule has 8 nitrogen and oxygen atoms in total. The minimum atomic E-state index is -4.74. The molecule has 0 saturated carbocycles. The number of nitrogens with one attached hydrogen (secondary N) is 1. The Balaban J connectivity index is 1.69. The Hall–Kier alpha value is -2.63. The Morgan fingerprint density at radius 2 is 2.00 bits per heavy atom. The van der Waals surface area contributed by atoms with E-state index >= 15 is 0 Å². The molecule has 2 N–H and O–H groups in total. The monoisotopic (exact) mass is 430 g/mol. The predicted octanol–water partition coefficient (Wildman–Crippen LogP) is 3.78. The molecule has 1 fully saturated rings. The molecule has 1 atom stereocenters. The molecule has 1 saturated heterocycles. The quantitative estimate of drug-likeness (QED) is 0.767. The summed E-state index contributed by atoms with van der Waals surface area (Å²) in [6.07, 6.45) is -0.660. The van der Waals surface area contributed by atoms with E-state index < -0.39 is 30.0 Å². The number of amides is 2. The van der Waals surface area contributed by atoms with Gasteiger partial charge >= 0.3 is 18.2 Å². The SMILES string of the molecule is O=C(O)C1CCCN1C(=O)Nc1sc2c(c1-c1nc(C(F)(F)F)no1)CCCC2. The van der Waals surface area contributed by atoms with Crippen LogP contribution in [0.3, 0.4) is 0 Å². The summed E-state index contributed by atoms with van der Waals surface area (Å²) >= 11 is 1.26. The van der Waals surface area contributed by atoms with E-state index in [1.165, 1.54) is 16.2 Å². The first kappa shape index (κ1) is 19.7. The first-order chi connectivity index (χ1) is 13.8. The maximum atomic E-state index is 12.9. The fourth-order valence-corrected chi connectivity index (χ4v) is 5.03. The molecule has 0 spiro atoms. The average Bonchev–Trinajstić information content (AvgIpc) is 3.38. The highest BCUT2D eigenvalue weighted by Gasteiger charge is 2.39. The largest absolute Gasteiger partial charge is 0.480 e. The van der Waals surface area contributed by atoms with E-state index in [4.69, 9.17) is 4.52 Å². The number of aliphatic carboxylic acids is 1. The molecule has 0 aromatic carbocycles. The highest BCUT2D eigenvalue weighted by atomic mass is 32.1. The number of anilines is 1. The molecule has 12 heteroatoms. The van der Waals surface area contributed by atoms with E-state index in [1.807, 2.05) is 0 Å². The number of aryl methyl sites for hydroxylation is 1. The maximum absolute atomic E-state index is 12.9. The smallest absolute Gasteiger partial charge is 0.455 e. The zero-order chi connectivity index (χ0) is 20.8. The zero-order valence-corrected chi connectivity index (χ0v) is 15.9. The lowest BCUT2D eigenvalue weighted by Crippen LogP contribution is -2.42. The van der Waals surface area contributed by atoms with Crippen molar-refractivity contribution in [2.75, 3.05) is 11.9 Å². The number of urea groups is 1. The molecular weight excluding hydrogens is 413 g/mol. The fraction of sp³-hybridized carbons (Fsp3) is 0.529. The number of hydrogen-bond acceptors (Lipinski definition) is 6. The highest BCUT2D eigenvalue weighted by Crippen LogP contribution is 2.44. The van der Waals surface area contributed by atoms with Gasteiger partial charge in [0.25, 0.3) is 11.7 Å². The van der Waals surface area contributed by atoms with E-state index in [-0.39, 0.29) is 5.89 Å². The molecule has 3 heterocycles. The fourth-order valence-electron chi connectivity index (χ4n) is 3.76. The van der Waals surface area contributed by atoms with Crippen LogP contribution in [0.5, 0.6) is 0 Å². The van der Waals surface area contributed by atoms with Gasteiger partial charge in [-0.3, -0.25) is 5.32 Å². The number of rotatable bonds is 3. The first-order valence-electron chi connectivity index (χ1n) is 9.12. The van der Waals surface area contributed by atoms with Crippen LogP contribution in [-0.4, -0.2) is 44.7 Å². The number of nitrogens with zero attached hydrogens (tertiary/aromatic N) is 3. The standard InChI is InChI=1S/C17H17F3N4O4S/c18-17(19,20)15-21-12(28-23-15)11-8-4-1-2-6-10(8)29-13(11)22-16(27)24-7-3-5-9(24)14(25)26/h9H,1-7H2,(H,22,27)(H,25,26). The molecule has 1 unspecified atom stereocenters. The lowest BCUT2D eigenvalue weighted by atomic mass is 9.95. The average molecular weight is 430 g/mol. The highest BCUT2D eigenvalue weighted by molar-refractivity contribution is 7.17. The molecule has 4 rings (SSSR count). The number of alkyl halides is 3. The number of carbonyl (C=O) groups excluding carboxylic acids is 1. The summed E-state index contributed by atoms with van der Waals surface area (Å²) in [5.41, 5.74) is 1.09. The summed E-state index contributed by atoms with van der Waals surface area (Å²) in [5.74, 6) is -2.77. The number of carbonyl (C=O) groups is 2. The van der Waals surface area contributed by atoms with Crippen LogP contribution in [0.2, 0.25) is 0 Å². The summed E-state index contributed by atoms with van der Waals surface area (Å²) < 4.78 is 43.6. The number of halogens is 3. The number of likely N-dealkylation sites (tertiary alicyclic amines) is 1. The maximum Gasteiger partial charge on any atom is 0.455 e. The zero-order valence-electron chi connectivity index (χ0n) is 15.1. The van der Waals surface area contributed by atoms with E-state index in [2.05, 4.69) is 15.5 Å². The van der Waals surface area contributed by atoms with Crippen LogP contribution in [0.4, 0.5) is 23.0 Å².